The van der Waals surface area contributed by atoms with Gasteiger partial charge in [-0.2, -0.15) is 0 Å². The Labute approximate surface area is 98.6 Å². The molecule has 1 amide bonds. The van der Waals surface area contributed by atoms with E-state index in [1.165, 1.54) is 0 Å². The van der Waals surface area contributed by atoms with Gasteiger partial charge in [0.1, 0.15) is 0 Å². The molecule has 1 atom stereocenters. The fraction of sp³-hybridized carbons (Fsp3) is 0.917. The van der Waals surface area contributed by atoms with Crippen LogP contribution in [0.3, 0.4) is 0 Å². The lowest BCUT2D eigenvalue weighted by atomic mass is 10.0. The predicted octanol–water partition coefficient (Wildman–Crippen LogP) is 0.713. The lowest BCUT2D eigenvalue weighted by Crippen LogP contribution is -2.47. The fourth-order valence-corrected chi connectivity index (χ4v) is 2.14. The van der Waals surface area contributed by atoms with E-state index in [2.05, 4.69) is 24.1 Å². The fourth-order valence-electron chi connectivity index (χ4n) is 2.14. The second-order valence-corrected chi connectivity index (χ2v) is 5.15. The molecule has 0 saturated carbocycles. The van der Waals surface area contributed by atoms with E-state index in [-0.39, 0.29) is 11.9 Å². The van der Waals surface area contributed by atoms with Gasteiger partial charge in [0.15, 0.2) is 0 Å². The van der Waals surface area contributed by atoms with E-state index in [4.69, 9.17) is 5.73 Å². The number of carbonyl (C=O) groups excluding carboxylic acids is 1. The largest absolute Gasteiger partial charge is 0.353 e. The van der Waals surface area contributed by atoms with Gasteiger partial charge in [-0.05, 0) is 33.6 Å². The standard InChI is InChI=1S/C12H25N3O/c1-9(2)15-6-4-11(5-7-15)14-12(16)8-10(3)13/h9-11H,4-8,13H2,1-3H3,(H,14,16). The molecule has 1 aliphatic rings. The van der Waals surface area contributed by atoms with Crippen LogP contribution in [0, 0.1) is 0 Å². The summed E-state index contributed by atoms with van der Waals surface area (Å²) < 4.78 is 0. The summed E-state index contributed by atoms with van der Waals surface area (Å²) in [6.45, 7) is 8.46. The molecule has 0 bridgehead atoms. The van der Waals surface area contributed by atoms with Crippen molar-refractivity contribution in [1.29, 1.82) is 0 Å². The molecule has 0 aromatic carbocycles. The van der Waals surface area contributed by atoms with Gasteiger partial charge >= 0.3 is 0 Å². The number of rotatable bonds is 4. The number of nitrogens with one attached hydrogen (secondary N) is 1. The molecule has 16 heavy (non-hydrogen) atoms. The molecule has 4 nitrogen and oxygen atoms in total. The van der Waals surface area contributed by atoms with E-state index < -0.39 is 0 Å². The SMILES string of the molecule is CC(N)CC(=O)NC1CCN(C(C)C)CC1. The molecule has 1 fully saturated rings. The van der Waals surface area contributed by atoms with Crippen LogP contribution in [-0.4, -0.2) is 42.0 Å². The summed E-state index contributed by atoms with van der Waals surface area (Å²) in [4.78, 5) is 14.0. The molecular formula is C12H25N3O. The van der Waals surface area contributed by atoms with Gasteiger partial charge < -0.3 is 16.0 Å². The van der Waals surface area contributed by atoms with Crippen LogP contribution in [0.1, 0.15) is 40.0 Å². The van der Waals surface area contributed by atoms with Gasteiger partial charge in [-0.3, -0.25) is 4.79 Å². The van der Waals surface area contributed by atoms with Gasteiger partial charge in [0, 0.05) is 37.6 Å². The maximum atomic E-state index is 11.5. The molecule has 1 saturated heterocycles. The molecular weight excluding hydrogens is 202 g/mol. The van der Waals surface area contributed by atoms with Crippen molar-refractivity contribution in [2.75, 3.05) is 13.1 Å². The first-order valence-electron chi connectivity index (χ1n) is 6.28. The molecule has 1 heterocycles. The van der Waals surface area contributed by atoms with Crippen LogP contribution in [0.4, 0.5) is 0 Å². The Morgan fingerprint density at radius 3 is 2.38 bits per heavy atom. The van der Waals surface area contributed by atoms with Crippen molar-refractivity contribution in [2.24, 2.45) is 5.73 Å². The van der Waals surface area contributed by atoms with E-state index in [1.54, 1.807) is 0 Å². The Kier molecular flexibility index (Phi) is 5.22. The first kappa shape index (κ1) is 13.5. The summed E-state index contributed by atoms with van der Waals surface area (Å²) in [5.74, 6) is 0.0954. The van der Waals surface area contributed by atoms with Crippen molar-refractivity contribution in [3.8, 4) is 0 Å². The number of nitrogens with two attached hydrogens (primary N) is 1. The minimum atomic E-state index is -0.0456. The summed E-state index contributed by atoms with van der Waals surface area (Å²) >= 11 is 0. The van der Waals surface area contributed by atoms with E-state index in [0.717, 1.165) is 25.9 Å². The highest BCUT2D eigenvalue weighted by Crippen LogP contribution is 2.12. The highest BCUT2D eigenvalue weighted by molar-refractivity contribution is 5.76. The van der Waals surface area contributed by atoms with Crippen molar-refractivity contribution in [3.05, 3.63) is 0 Å². The normalized spacial score (nSPS) is 21.1. The van der Waals surface area contributed by atoms with Gasteiger partial charge in [-0.25, -0.2) is 0 Å². The highest BCUT2D eigenvalue weighted by Gasteiger charge is 2.21. The van der Waals surface area contributed by atoms with Crippen molar-refractivity contribution in [3.63, 3.8) is 0 Å². The van der Waals surface area contributed by atoms with Crippen LogP contribution in [-0.2, 0) is 4.79 Å². The second-order valence-electron chi connectivity index (χ2n) is 5.15. The molecule has 4 heteroatoms. The molecule has 0 spiro atoms. The van der Waals surface area contributed by atoms with Gasteiger partial charge in [0.2, 0.25) is 5.91 Å². The van der Waals surface area contributed by atoms with Crippen molar-refractivity contribution < 1.29 is 4.79 Å². The Balaban J connectivity index is 2.24. The van der Waals surface area contributed by atoms with Crippen molar-refractivity contribution in [2.45, 2.75) is 58.2 Å². The van der Waals surface area contributed by atoms with Crippen molar-refractivity contribution in [1.82, 2.24) is 10.2 Å². The van der Waals surface area contributed by atoms with Crippen LogP contribution in [0.15, 0.2) is 0 Å². The van der Waals surface area contributed by atoms with E-state index in [0.29, 0.717) is 18.5 Å². The molecule has 0 aromatic heterocycles. The van der Waals surface area contributed by atoms with Crippen LogP contribution in [0.5, 0.6) is 0 Å². The zero-order valence-corrected chi connectivity index (χ0v) is 10.7. The van der Waals surface area contributed by atoms with Gasteiger partial charge in [0.25, 0.3) is 0 Å². The van der Waals surface area contributed by atoms with Crippen molar-refractivity contribution >= 4 is 5.91 Å². The van der Waals surface area contributed by atoms with Gasteiger partial charge in [-0.1, -0.05) is 0 Å². The molecule has 0 aliphatic carbocycles. The summed E-state index contributed by atoms with van der Waals surface area (Å²) in [6.07, 6.45) is 2.55. The monoisotopic (exact) mass is 227 g/mol. The summed E-state index contributed by atoms with van der Waals surface area (Å²) in [6, 6.07) is 0.915. The highest BCUT2D eigenvalue weighted by atomic mass is 16.1. The Morgan fingerprint density at radius 1 is 1.38 bits per heavy atom. The first-order valence-corrected chi connectivity index (χ1v) is 6.28. The number of hydrogen-bond donors (Lipinski definition) is 2. The first-order chi connectivity index (χ1) is 7.49. The average molecular weight is 227 g/mol. The molecule has 1 unspecified atom stereocenters. The molecule has 94 valence electrons. The topological polar surface area (TPSA) is 58.4 Å². The van der Waals surface area contributed by atoms with E-state index in [1.807, 2.05) is 6.92 Å². The number of hydrogen-bond acceptors (Lipinski definition) is 3. The van der Waals surface area contributed by atoms with Crippen LogP contribution in [0.2, 0.25) is 0 Å². The zero-order valence-electron chi connectivity index (χ0n) is 10.7. The lowest BCUT2D eigenvalue weighted by Gasteiger charge is -2.34. The minimum absolute atomic E-state index is 0.0456. The quantitative estimate of drug-likeness (QED) is 0.744. The smallest absolute Gasteiger partial charge is 0.221 e. The van der Waals surface area contributed by atoms with E-state index >= 15 is 0 Å². The Morgan fingerprint density at radius 2 is 1.94 bits per heavy atom. The number of carbonyl (C=O) groups is 1. The summed E-state index contributed by atoms with van der Waals surface area (Å²) in [5, 5.41) is 3.06. The molecule has 3 N–H and O–H groups in total. The molecule has 1 rings (SSSR count). The number of piperidine rings is 1. The number of amides is 1. The minimum Gasteiger partial charge on any atom is -0.353 e. The molecule has 1 aliphatic heterocycles. The molecule has 0 radical (unpaired) electrons. The Bertz CT molecular complexity index is 220. The van der Waals surface area contributed by atoms with Crippen LogP contribution >= 0.6 is 0 Å². The summed E-state index contributed by atoms with van der Waals surface area (Å²) in [7, 11) is 0. The third kappa shape index (κ3) is 4.49. The van der Waals surface area contributed by atoms with Gasteiger partial charge in [-0.15, -0.1) is 0 Å². The Hall–Kier alpha value is -0.610. The zero-order chi connectivity index (χ0) is 12.1. The van der Waals surface area contributed by atoms with Gasteiger partial charge in [0.05, 0.1) is 0 Å². The summed E-state index contributed by atoms with van der Waals surface area (Å²) in [5.41, 5.74) is 5.59. The van der Waals surface area contributed by atoms with E-state index in [9.17, 15) is 4.79 Å². The van der Waals surface area contributed by atoms with Crippen LogP contribution < -0.4 is 11.1 Å². The maximum Gasteiger partial charge on any atom is 0.221 e. The third-order valence-electron chi connectivity index (χ3n) is 3.13. The molecule has 0 aromatic rings. The maximum absolute atomic E-state index is 11.5. The lowest BCUT2D eigenvalue weighted by molar-refractivity contribution is -0.122. The second kappa shape index (κ2) is 6.21. The average Bonchev–Trinajstić information content (AvgIpc) is 2.16. The number of likely N-dealkylation sites (tertiary alicyclic amines) is 1. The predicted molar refractivity (Wildman–Crippen MR) is 66.1 cm³/mol. The third-order valence-corrected chi connectivity index (χ3v) is 3.13. The number of nitrogens with zero attached hydrogens (tertiary/aromatic N) is 1. The van der Waals surface area contributed by atoms with Crippen LogP contribution in [0.25, 0.3) is 0 Å².